The molecule has 0 aliphatic rings. The Labute approximate surface area is 273 Å². The monoisotopic (exact) mass is 642 g/mol. The Morgan fingerprint density at radius 1 is 0.814 bits per heavy atom. The van der Waals surface area contributed by atoms with Crippen LogP contribution in [0.3, 0.4) is 0 Å². The Bertz CT molecular complexity index is 1150. The molecule has 2 aromatic rings. The third kappa shape index (κ3) is 11.7. The number of rotatable bonds is 16. The van der Waals surface area contributed by atoms with Crippen molar-refractivity contribution < 1.29 is 14.0 Å². The van der Waals surface area contributed by atoms with Gasteiger partial charge < -0.3 is 14.0 Å². The van der Waals surface area contributed by atoms with Crippen molar-refractivity contribution >= 4 is 35.0 Å². The molecule has 0 saturated carbocycles. The summed E-state index contributed by atoms with van der Waals surface area (Å²) in [6.07, 6.45) is 8.83. The molecule has 0 aliphatic carbocycles. The zero-order chi connectivity index (χ0) is 32.6. The van der Waals surface area contributed by atoms with Crippen molar-refractivity contribution in [2.24, 2.45) is 10.8 Å². The number of hydrogen-bond donors (Lipinski definition) is 1. The number of allylic oxidation sites excluding steroid dienone is 2. The molecule has 0 saturated heterocycles. The zero-order valence-electron chi connectivity index (χ0n) is 29.7. The Kier molecular flexibility index (Phi) is 14.7. The van der Waals surface area contributed by atoms with E-state index in [1.807, 2.05) is 11.3 Å². The SMILES string of the molecule is CC/C(=C\CCC(O)(CC)CC)c1cc(CCc2ccc(C(O[Si](C)C)C(C)(C)C)c(C(O[Si](C)C)C(C)(C)C)c2)cs1. The van der Waals surface area contributed by atoms with E-state index in [-0.39, 0.29) is 23.0 Å². The molecular formula is C37H62O3SSi2. The van der Waals surface area contributed by atoms with Crippen molar-refractivity contribution in [2.45, 2.75) is 151 Å². The van der Waals surface area contributed by atoms with Crippen molar-refractivity contribution in [1.82, 2.24) is 0 Å². The Morgan fingerprint density at radius 2 is 1.35 bits per heavy atom. The van der Waals surface area contributed by atoms with Crippen LogP contribution in [0.25, 0.3) is 5.57 Å². The van der Waals surface area contributed by atoms with E-state index in [4.69, 9.17) is 8.85 Å². The van der Waals surface area contributed by atoms with Crippen molar-refractivity contribution in [1.29, 1.82) is 0 Å². The van der Waals surface area contributed by atoms with Crippen molar-refractivity contribution in [3.8, 4) is 0 Å². The van der Waals surface area contributed by atoms with Gasteiger partial charge in [-0.05, 0) is 121 Å². The van der Waals surface area contributed by atoms with Crippen LogP contribution in [0.4, 0.5) is 0 Å². The van der Waals surface area contributed by atoms with E-state index < -0.39 is 23.7 Å². The van der Waals surface area contributed by atoms with Gasteiger partial charge in [0.1, 0.15) is 0 Å². The molecule has 2 atom stereocenters. The summed E-state index contributed by atoms with van der Waals surface area (Å²) in [5.74, 6) is 0. The smallest absolute Gasteiger partial charge is 0.205 e. The molecule has 6 heteroatoms. The standard InChI is InChI=1S/C37H62O3SSi2/c1-14-29(18-17-23-37(38,15-2)16-3)32-25-28(26-41-32)20-19-27-21-22-30(33(35(4,5)6)39-42(10)11)31(24-27)34(36(7,8)9)40-43(12)13/h18,21-22,24-26,33-34,38H,14-17,19-20,23H2,1-13H3/b29-18+. The Balaban J connectivity index is 2.38. The highest BCUT2D eigenvalue weighted by Crippen LogP contribution is 2.45. The molecule has 0 aliphatic heterocycles. The zero-order valence-corrected chi connectivity index (χ0v) is 32.6. The van der Waals surface area contributed by atoms with Crippen LogP contribution in [-0.2, 0) is 21.7 Å². The van der Waals surface area contributed by atoms with Crippen LogP contribution >= 0.6 is 11.3 Å². The normalized spacial score (nSPS) is 15.0. The summed E-state index contributed by atoms with van der Waals surface area (Å²) in [5.41, 5.74) is 6.18. The van der Waals surface area contributed by atoms with Gasteiger partial charge in [0.05, 0.1) is 17.8 Å². The van der Waals surface area contributed by atoms with Gasteiger partial charge in [-0.2, -0.15) is 0 Å². The third-order valence-electron chi connectivity index (χ3n) is 8.37. The summed E-state index contributed by atoms with van der Waals surface area (Å²) < 4.78 is 13.5. The quantitative estimate of drug-likeness (QED) is 0.185. The second kappa shape index (κ2) is 16.5. The maximum Gasteiger partial charge on any atom is 0.205 e. The second-order valence-corrected chi connectivity index (χ2v) is 19.9. The van der Waals surface area contributed by atoms with Crippen LogP contribution < -0.4 is 0 Å². The van der Waals surface area contributed by atoms with Crippen molar-refractivity contribution in [3.05, 3.63) is 62.9 Å². The average Bonchev–Trinajstić information content (AvgIpc) is 3.39. The molecule has 2 radical (unpaired) electrons. The molecule has 1 heterocycles. The summed E-state index contributed by atoms with van der Waals surface area (Å²) in [5, 5.41) is 13.0. The first kappa shape index (κ1) is 38.2. The minimum Gasteiger partial charge on any atom is -0.410 e. The Hall–Kier alpha value is -1.03. The maximum atomic E-state index is 10.7. The minimum atomic E-state index is -0.908. The van der Waals surface area contributed by atoms with Crippen LogP contribution in [0, 0.1) is 10.8 Å². The van der Waals surface area contributed by atoms with E-state index in [1.165, 1.54) is 32.7 Å². The van der Waals surface area contributed by atoms with E-state index in [0.717, 1.165) is 44.9 Å². The molecule has 1 aromatic carbocycles. The first-order valence-electron chi connectivity index (χ1n) is 16.5. The van der Waals surface area contributed by atoms with Gasteiger partial charge in [0, 0.05) is 4.88 Å². The molecule has 242 valence electrons. The van der Waals surface area contributed by atoms with Crippen LogP contribution in [0.2, 0.25) is 26.2 Å². The first-order valence-corrected chi connectivity index (χ1v) is 22.2. The predicted molar refractivity (Wildman–Crippen MR) is 193 cm³/mol. The molecular weight excluding hydrogens is 581 g/mol. The fraction of sp³-hybridized carbons (Fsp3) is 0.676. The lowest BCUT2D eigenvalue weighted by molar-refractivity contribution is 0.0246. The van der Waals surface area contributed by atoms with Gasteiger partial charge in [0.2, 0.25) is 18.1 Å². The number of benzene rings is 1. The van der Waals surface area contributed by atoms with Crippen molar-refractivity contribution in [2.75, 3.05) is 0 Å². The largest absolute Gasteiger partial charge is 0.410 e. The molecule has 0 bridgehead atoms. The molecule has 2 rings (SSSR count). The molecule has 3 nitrogen and oxygen atoms in total. The van der Waals surface area contributed by atoms with Gasteiger partial charge in [-0.1, -0.05) is 86.6 Å². The van der Waals surface area contributed by atoms with Crippen LogP contribution in [0.5, 0.6) is 0 Å². The summed E-state index contributed by atoms with van der Waals surface area (Å²) in [4.78, 5) is 1.37. The second-order valence-electron chi connectivity index (χ2n) is 14.9. The lowest BCUT2D eigenvalue weighted by atomic mass is 9.77. The summed E-state index contributed by atoms with van der Waals surface area (Å²) >= 11 is 1.86. The summed E-state index contributed by atoms with van der Waals surface area (Å²) in [7, 11) is -1.80. The number of thiophene rings is 1. The number of aryl methyl sites for hydroxylation is 2. The van der Waals surface area contributed by atoms with E-state index in [2.05, 4.69) is 124 Å². The number of aliphatic hydroxyl groups is 1. The molecule has 2 unspecified atom stereocenters. The van der Waals surface area contributed by atoms with Gasteiger partial charge in [0.15, 0.2) is 0 Å². The van der Waals surface area contributed by atoms with Crippen LogP contribution in [0.1, 0.15) is 134 Å². The van der Waals surface area contributed by atoms with E-state index >= 15 is 0 Å². The predicted octanol–water partition coefficient (Wildman–Crippen LogP) is 11.4. The van der Waals surface area contributed by atoms with E-state index in [1.54, 1.807) is 0 Å². The fourth-order valence-electron chi connectivity index (χ4n) is 5.63. The first-order chi connectivity index (χ1) is 19.9. The van der Waals surface area contributed by atoms with Crippen LogP contribution in [0.15, 0.2) is 35.7 Å². The third-order valence-corrected chi connectivity index (χ3v) is 10.8. The highest BCUT2D eigenvalue weighted by atomic mass is 32.1. The molecule has 0 fully saturated rings. The van der Waals surface area contributed by atoms with E-state index in [0.29, 0.717) is 0 Å². The molecule has 43 heavy (non-hydrogen) atoms. The molecule has 0 amide bonds. The minimum absolute atomic E-state index is 0.0177. The molecule has 1 N–H and O–H groups in total. The summed E-state index contributed by atoms with van der Waals surface area (Å²) in [6, 6.07) is 9.50. The lowest BCUT2D eigenvalue weighted by Gasteiger charge is -2.39. The van der Waals surface area contributed by atoms with Gasteiger partial charge >= 0.3 is 0 Å². The molecule has 0 spiro atoms. The van der Waals surface area contributed by atoms with Gasteiger partial charge in [-0.25, -0.2) is 0 Å². The van der Waals surface area contributed by atoms with Crippen LogP contribution in [-0.4, -0.2) is 28.8 Å². The molecule has 1 aromatic heterocycles. The van der Waals surface area contributed by atoms with Crippen molar-refractivity contribution in [3.63, 3.8) is 0 Å². The van der Waals surface area contributed by atoms with Gasteiger partial charge in [-0.3, -0.25) is 0 Å². The van der Waals surface area contributed by atoms with Gasteiger partial charge in [-0.15, -0.1) is 11.3 Å². The highest BCUT2D eigenvalue weighted by Gasteiger charge is 2.36. The van der Waals surface area contributed by atoms with E-state index in [9.17, 15) is 5.11 Å². The maximum absolute atomic E-state index is 10.7. The lowest BCUT2D eigenvalue weighted by Crippen LogP contribution is -2.31. The summed E-state index contributed by atoms with van der Waals surface area (Å²) in [6.45, 7) is 29.2. The fourth-order valence-corrected chi connectivity index (χ4v) is 8.60. The topological polar surface area (TPSA) is 38.7 Å². The average molecular weight is 643 g/mol. The Morgan fingerprint density at radius 3 is 1.84 bits per heavy atom. The van der Waals surface area contributed by atoms with Gasteiger partial charge in [0.25, 0.3) is 0 Å². The number of hydrogen-bond acceptors (Lipinski definition) is 4. The highest BCUT2D eigenvalue weighted by molar-refractivity contribution is 7.11.